The Labute approximate surface area is 154 Å². The molecule has 0 fully saturated rings. The van der Waals surface area contributed by atoms with E-state index in [0.29, 0.717) is 24.6 Å². The molecule has 0 atom stereocenters. The highest BCUT2D eigenvalue weighted by molar-refractivity contribution is 7.09. The monoisotopic (exact) mass is 371 g/mol. The number of thiazole rings is 1. The zero-order valence-corrected chi connectivity index (χ0v) is 15.1. The van der Waals surface area contributed by atoms with Gasteiger partial charge in [-0.2, -0.15) is 0 Å². The summed E-state index contributed by atoms with van der Waals surface area (Å²) in [5, 5.41) is 5.45. The van der Waals surface area contributed by atoms with Crippen LogP contribution in [-0.4, -0.2) is 15.9 Å². The molecule has 0 spiro atoms. The predicted octanol–water partition coefficient (Wildman–Crippen LogP) is 3.42. The highest BCUT2D eigenvalue weighted by atomic mass is 32.1. The van der Waals surface area contributed by atoms with Crippen LogP contribution in [0.3, 0.4) is 0 Å². The highest BCUT2D eigenvalue weighted by Crippen LogP contribution is 2.15. The van der Waals surface area contributed by atoms with Crippen molar-refractivity contribution in [2.24, 2.45) is 0 Å². The Morgan fingerprint density at radius 1 is 1.23 bits per heavy atom. The number of hydrogen-bond donors (Lipinski definition) is 1. The number of carbonyl (C=O) groups excluding carboxylic acids is 1. The third-order valence-electron chi connectivity index (χ3n) is 3.59. The van der Waals surface area contributed by atoms with Crippen LogP contribution < -0.4 is 10.1 Å². The van der Waals surface area contributed by atoms with Gasteiger partial charge >= 0.3 is 0 Å². The van der Waals surface area contributed by atoms with Crippen LogP contribution in [0.1, 0.15) is 22.0 Å². The fourth-order valence-electron chi connectivity index (χ4n) is 2.21. The molecule has 0 saturated heterocycles. The molecule has 0 aliphatic heterocycles. The van der Waals surface area contributed by atoms with E-state index in [9.17, 15) is 9.18 Å². The predicted molar refractivity (Wildman–Crippen MR) is 97.4 cm³/mol. The lowest BCUT2D eigenvalue weighted by molar-refractivity contribution is -0.120. The lowest BCUT2D eigenvalue weighted by Gasteiger charge is -2.04. The first kappa shape index (κ1) is 18.0. The highest BCUT2D eigenvalue weighted by Gasteiger charge is 2.08. The molecular weight excluding hydrogens is 353 g/mol. The van der Waals surface area contributed by atoms with Crippen LogP contribution in [-0.2, 0) is 24.4 Å². The summed E-state index contributed by atoms with van der Waals surface area (Å²) in [6.07, 6.45) is 1.87. The summed E-state index contributed by atoms with van der Waals surface area (Å²) in [6, 6.07) is 9.78. The molecule has 2 aromatic heterocycles. The Bertz CT molecular complexity index is 863. The second-order valence-electron chi connectivity index (χ2n) is 5.74. The number of aromatic nitrogens is 2. The molecule has 2 heterocycles. The van der Waals surface area contributed by atoms with Crippen molar-refractivity contribution in [1.82, 2.24) is 15.3 Å². The summed E-state index contributed by atoms with van der Waals surface area (Å²) in [5.41, 5.74) is 2.48. The van der Waals surface area contributed by atoms with Gasteiger partial charge in [0.05, 0.1) is 18.3 Å². The summed E-state index contributed by atoms with van der Waals surface area (Å²) >= 11 is 1.45. The van der Waals surface area contributed by atoms with E-state index in [1.807, 2.05) is 24.4 Å². The topological polar surface area (TPSA) is 64.1 Å². The van der Waals surface area contributed by atoms with Crippen molar-refractivity contribution in [2.75, 3.05) is 0 Å². The van der Waals surface area contributed by atoms with Crippen molar-refractivity contribution >= 4 is 17.2 Å². The minimum absolute atomic E-state index is 0.130. The minimum Gasteiger partial charge on any atom is -0.485 e. The number of ether oxygens (including phenoxy) is 1. The van der Waals surface area contributed by atoms with E-state index < -0.39 is 0 Å². The molecule has 7 heteroatoms. The van der Waals surface area contributed by atoms with Gasteiger partial charge in [-0.25, -0.2) is 9.37 Å². The van der Waals surface area contributed by atoms with E-state index in [0.717, 1.165) is 16.3 Å². The van der Waals surface area contributed by atoms with Crippen molar-refractivity contribution in [3.05, 3.63) is 75.8 Å². The van der Waals surface area contributed by atoms with Gasteiger partial charge in [-0.15, -0.1) is 11.3 Å². The van der Waals surface area contributed by atoms with Gasteiger partial charge in [0.25, 0.3) is 0 Å². The third kappa shape index (κ3) is 5.35. The lowest BCUT2D eigenvalue weighted by atomic mass is 10.2. The van der Waals surface area contributed by atoms with Crippen LogP contribution in [0, 0.1) is 12.7 Å². The average Bonchev–Trinajstić information content (AvgIpc) is 3.08. The molecule has 0 unspecified atom stereocenters. The maximum Gasteiger partial charge on any atom is 0.226 e. The quantitative estimate of drug-likeness (QED) is 0.691. The summed E-state index contributed by atoms with van der Waals surface area (Å²) < 4.78 is 18.5. The molecule has 0 bridgehead atoms. The maximum absolute atomic E-state index is 12.9. The smallest absolute Gasteiger partial charge is 0.226 e. The standard InChI is InChI=1S/C19H18FN3O2S/c1-13-2-7-17(10-21-13)25-11-19-23-16(12-26-19)8-18(24)22-9-14-3-5-15(20)6-4-14/h2-7,10,12H,8-9,11H2,1H3,(H,22,24). The summed E-state index contributed by atoms with van der Waals surface area (Å²) in [4.78, 5) is 20.6. The fourth-order valence-corrected chi connectivity index (χ4v) is 2.92. The molecule has 3 aromatic rings. The number of rotatable bonds is 7. The summed E-state index contributed by atoms with van der Waals surface area (Å²) in [7, 11) is 0. The first-order chi connectivity index (χ1) is 12.6. The second kappa shape index (κ2) is 8.53. The number of nitrogens with one attached hydrogen (secondary N) is 1. The minimum atomic E-state index is -0.293. The number of pyridine rings is 1. The summed E-state index contributed by atoms with van der Waals surface area (Å²) in [5.74, 6) is 0.262. The SMILES string of the molecule is Cc1ccc(OCc2nc(CC(=O)NCc3ccc(F)cc3)cs2)cn1. The number of aryl methyl sites for hydroxylation is 1. The van der Waals surface area contributed by atoms with Crippen molar-refractivity contribution in [3.63, 3.8) is 0 Å². The third-order valence-corrected chi connectivity index (χ3v) is 4.46. The molecule has 3 rings (SSSR count). The number of benzene rings is 1. The van der Waals surface area contributed by atoms with Crippen LogP contribution in [0.15, 0.2) is 48.0 Å². The maximum atomic E-state index is 12.9. The van der Waals surface area contributed by atoms with Crippen LogP contribution >= 0.6 is 11.3 Å². The zero-order chi connectivity index (χ0) is 18.4. The van der Waals surface area contributed by atoms with Gasteiger partial charge < -0.3 is 10.1 Å². The van der Waals surface area contributed by atoms with Gasteiger partial charge in [0.15, 0.2) is 0 Å². The first-order valence-corrected chi connectivity index (χ1v) is 8.96. The van der Waals surface area contributed by atoms with Gasteiger partial charge in [-0.1, -0.05) is 12.1 Å². The molecule has 1 amide bonds. The molecule has 0 aliphatic rings. The molecule has 1 N–H and O–H groups in total. The van der Waals surface area contributed by atoms with E-state index in [-0.39, 0.29) is 18.1 Å². The van der Waals surface area contributed by atoms with Crippen LogP contribution in [0.4, 0.5) is 4.39 Å². The van der Waals surface area contributed by atoms with Crippen molar-refractivity contribution in [1.29, 1.82) is 0 Å². The van der Waals surface area contributed by atoms with Gasteiger partial charge in [0, 0.05) is 17.6 Å². The molecule has 1 aromatic carbocycles. The largest absolute Gasteiger partial charge is 0.485 e. The normalized spacial score (nSPS) is 10.5. The number of carbonyl (C=O) groups is 1. The Hall–Kier alpha value is -2.80. The molecule has 0 aliphatic carbocycles. The number of halogens is 1. The lowest BCUT2D eigenvalue weighted by Crippen LogP contribution is -2.24. The summed E-state index contributed by atoms with van der Waals surface area (Å²) in [6.45, 7) is 2.62. The first-order valence-electron chi connectivity index (χ1n) is 8.08. The Balaban J connectivity index is 1.45. The number of nitrogens with zero attached hydrogens (tertiary/aromatic N) is 2. The molecular formula is C19H18FN3O2S. The van der Waals surface area contributed by atoms with Crippen LogP contribution in [0.2, 0.25) is 0 Å². The van der Waals surface area contributed by atoms with Crippen molar-refractivity contribution in [3.8, 4) is 5.75 Å². The second-order valence-corrected chi connectivity index (χ2v) is 6.68. The van der Waals surface area contributed by atoms with Crippen molar-refractivity contribution < 1.29 is 13.9 Å². The molecule has 0 saturated carbocycles. The van der Waals surface area contributed by atoms with E-state index in [1.165, 1.54) is 23.5 Å². The van der Waals surface area contributed by atoms with Gasteiger partial charge in [0.1, 0.15) is 23.2 Å². The van der Waals surface area contributed by atoms with Crippen LogP contribution in [0.25, 0.3) is 0 Å². The molecule has 5 nitrogen and oxygen atoms in total. The van der Waals surface area contributed by atoms with E-state index in [1.54, 1.807) is 18.3 Å². The van der Waals surface area contributed by atoms with Gasteiger partial charge in [-0.3, -0.25) is 9.78 Å². The Kier molecular flexibility index (Phi) is 5.91. The molecule has 0 radical (unpaired) electrons. The van der Waals surface area contributed by atoms with Crippen LogP contribution in [0.5, 0.6) is 5.75 Å². The van der Waals surface area contributed by atoms with Gasteiger partial charge in [-0.05, 0) is 36.8 Å². The number of hydrogen-bond acceptors (Lipinski definition) is 5. The molecule has 26 heavy (non-hydrogen) atoms. The fraction of sp³-hybridized carbons (Fsp3) is 0.211. The van der Waals surface area contributed by atoms with Crippen molar-refractivity contribution in [2.45, 2.75) is 26.5 Å². The van der Waals surface area contributed by atoms with E-state index in [4.69, 9.17) is 4.74 Å². The number of amides is 1. The Morgan fingerprint density at radius 3 is 2.77 bits per heavy atom. The average molecular weight is 371 g/mol. The molecule has 134 valence electrons. The van der Waals surface area contributed by atoms with E-state index in [2.05, 4.69) is 15.3 Å². The zero-order valence-electron chi connectivity index (χ0n) is 14.2. The Morgan fingerprint density at radius 2 is 2.04 bits per heavy atom. The van der Waals surface area contributed by atoms with Gasteiger partial charge in [0.2, 0.25) is 5.91 Å². The van der Waals surface area contributed by atoms with E-state index >= 15 is 0 Å².